The summed E-state index contributed by atoms with van der Waals surface area (Å²) in [5.74, 6) is -0.288. The highest BCUT2D eigenvalue weighted by Gasteiger charge is 2.07. The van der Waals surface area contributed by atoms with Crippen molar-refractivity contribution in [2.75, 3.05) is 5.43 Å². The van der Waals surface area contributed by atoms with E-state index >= 15 is 0 Å². The van der Waals surface area contributed by atoms with Gasteiger partial charge in [0.05, 0.1) is 5.69 Å². The summed E-state index contributed by atoms with van der Waals surface area (Å²) in [6, 6.07) is 8.53. The minimum absolute atomic E-state index is 0.127. The lowest BCUT2D eigenvalue weighted by Gasteiger charge is -2.00. The Labute approximate surface area is 98.5 Å². The van der Waals surface area contributed by atoms with E-state index in [1.807, 2.05) is 0 Å². The molecule has 5 heteroatoms. The van der Waals surface area contributed by atoms with Crippen LogP contribution in [0.1, 0.15) is 13.3 Å². The van der Waals surface area contributed by atoms with Crippen molar-refractivity contribution in [3.8, 4) is 6.07 Å². The van der Waals surface area contributed by atoms with Gasteiger partial charge in [-0.2, -0.15) is 10.4 Å². The number of anilines is 1. The van der Waals surface area contributed by atoms with Crippen molar-refractivity contribution in [1.29, 1.82) is 5.26 Å². The molecule has 0 heterocycles. The maximum atomic E-state index is 11.2. The molecule has 0 unspecified atom stereocenters. The molecule has 0 aliphatic rings. The zero-order chi connectivity index (χ0) is 12.0. The molecule has 0 saturated heterocycles. The number of carbonyl (C=O) groups excluding carboxylic acids is 1. The van der Waals surface area contributed by atoms with E-state index in [2.05, 4.69) is 10.5 Å². The number of hydrogen-bond donors (Lipinski definition) is 1. The van der Waals surface area contributed by atoms with E-state index in [0.717, 1.165) is 0 Å². The van der Waals surface area contributed by atoms with Crippen molar-refractivity contribution in [1.82, 2.24) is 0 Å². The molecule has 0 aliphatic heterocycles. The quantitative estimate of drug-likeness (QED) is 0.644. The highest BCUT2D eigenvalue weighted by Crippen LogP contribution is 2.13. The molecule has 0 bridgehead atoms. The summed E-state index contributed by atoms with van der Waals surface area (Å²) < 4.78 is 0. The molecule has 0 fully saturated rings. The number of nitrogens with zero attached hydrogens (tertiary/aromatic N) is 2. The minimum atomic E-state index is -0.288. The van der Waals surface area contributed by atoms with E-state index in [-0.39, 0.29) is 17.9 Å². The Morgan fingerprint density at radius 1 is 1.50 bits per heavy atom. The van der Waals surface area contributed by atoms with Crippen LogP contribution in [0, 0.1) is 11.3 Å². The number of nitriles is 1. The number of halogens is 1. The second-order valence-corrected chi connectivity index (χ2v) is 3.40. The van der Waals surface area contributed by atoms with Crippen LogP contribution < -0.4 is 5.43 Å². The summed E-state index contributed by atoms with van der Waals surface area (Å²) >= 11 is 5.70. The Balaban J connectivity index is 2.75. The van der Waals surface area contributed by atoms with E-state index in [1.165, 1.54) is 0 Å². The molecule has 0 aliphatic carbocycles. The van der Waals surface area contributed by atoms with E-state index < -0.39 is 0 Å². The molecule has 0 atom stereocenters. The van der Waals surface area contributed by atoms with Crippen molar-refractivity contribution in [2.24, 2.45) is 5.10 Å². The topological polar surface area (TPSA) is 65.2 Å². The third-order valence-electron chi connectivity index (χ3n) is 1.83. The average molecular weight is 236 g/mol. The number of hydrazone groups is 1. The first kappa shape index (κ1) is 12.2. The van der Waals surface area contributed by atoms with Crippen LogP contribution in [0.15, 0.2) is 29.4 Å². The smallest absolute Gasteiger partial charge is 0.203 e. The van der Waals surface area contributed by atoms with Crippen molar-refractivity contribution >= 4 is 28.8 Å². The highest BCUT2D eigenvalue weighted by molar-refractivity contribution is 6.46. The molecule has 4 nitrogen and oxygen atoms in total. The summed E-state index contributed by atoms with van der Waals surface area (Å²) in [4.78, 5) is 11.2. The molecule has 16 heavy (non-hydrogen) atoms. The second kappa shape index (κ2) is 5.89. The van der Waals surface area contributed by atoms with Crippen molar-refractivity contribution in [2.45, 2.75) is 13.3 Å². The molecule has 1 aromatic rings. The molecule has 1 aromatic carbocycles. The molecule has 1 rings (SSSR count). The largest absolute Gasteiger partial charge is 0.292 e. The third kappa shape index (κ3) is 3.37. The number of Topliss-reactive ketones (excluding diaryl/α,β-unsaturated/α-hetero) is 1. The van der Waals surface area contributed by atoms with E-state index in [9.17, 15) is 4.79 Å². The summed E-state index contributed by atoms with van der Waals surface area (Å²) in [6.45, 7) is 1.68. The normalized spacial score (nSPS) is 10.7. The van der Waals surface area contributed by atoms with Crippen molar-refractivity contribution in [3.63, 3.8) is 0 Å². The Bertz CT molecular complexity index is 445. The zero-order valence-electron chi connectivity index (χ0n) is 8.70. The molecular weight excluding hydrogens is 226 g/mol. The predicted molar refractivity (Wildman–Crippen MR) is 63.4 cm³/mol. The van der Waals surface area contributed by atoms with Gasteiger partial charge in [-0.15, -0.1) is 0 Å². The second-order valence-electron chi connectivity index (χ2n) is 2.97. The molecule has 0 amide bonds. The zero-order valence-corrected chi connectivity index (χ0v) is 9.45. The number of ketones is 1. The van der Waals surface area contributed by atoms with Crippen LogP contribution in [0.3, 0.4) is 0 Å². The maximum Gasteiger partial charge on any atom is 0.203 e. The van der Waals surface area contributed by atoms with Crippen LogP contribution in [-0.4, -0.2) is 11.5 Å². The number of benzene rings is 1. The van der Waals surface area contributed by atoms with Crippen LogP contribution in [-0.2, 0) is 4.79 Å². The van der Waals surface area contributed by atoms with E-state index in [0.29, 0.717) is 10.7 Å². The van der Waals surface area contributed by atoms with Gasteiger partial charge in [-0.1, -0.05) is 18.5 Å². The lowest BCUT2D eigenvalue weighted by Crippen LogP contribution is -2.12. The van der Waals surface area contributed by atoms with E-state index in [4.69, 9.17) is 16.9 Å². The van der Waals surface area contributed by atoms with Crippen molar-refractivity contribution < 1.29 is 4.79 Å². The monoisotopic (exact) mass is 235 g/mol. The summed E-state index contributed by atoms with van der Waals surface area (Å²) in [5, 5.41) is 13.0. The van der Waals surface area contributed by atoms with Gasteiger partial charge in [-0.05, 0) is 24.3 Å². The summed E-state index contributed by atoms with van der Waals surface area (Å²) in [6.07, 6.45) is 0.259. The lowest BCUT2D eigenvalue weighted by molar-refractivity contribution is -0.112. The molecular formula is C11H10ClN3O. The van der Waals surface area contributed by atoms with Crippen LogP contribution in [0.2, 0.25) is 5.02 Å². The van der Waals surface area contributed by atoms with Gasteiger partial charge in [0.15, 0.2) is 5.78 Å². The summed E-state index contributed by atoms with van der Waals surface area (Å²) in [7, 11) is 0. The van der Waals surface area contributed by atoms with Crippen molar-refractivity contribution in [3.05, 3.63) is 29.3 Å². The van der Waals surface area contributed by atoms with E-state index in [1.54, 1.807) is 37.3 Å². The van der Waals surface area contributed by atoms with Gasteiger partial charge in [0.1, 0.15) is 6.07 Å². The first-order valence-corrected chi connectivity index (χ1v) is 5.07. The first-order chi connectivity index (χ1) is 7.67. The molecule has 0 saturated carbocycles. The van der Waals surface area contributed by atoms with Crippen LogP contribution in [0.25, 0.3) is 0 Å². The Hall–Kier alpha value is -1.86. The van der Waals surface area contributed by atoms with Gasteiger partial charge < -0.3 is 0 Å². The highest BCUT2D eigenvalue weighted by atomic mass is 35.5. The minimum Gasteiger partial charge on any atom is -0.292 e. The third-order valence-corrected chi connectivity index (χ3v) is 2.08. The molecule has 1 N–H and O–H groups in total. The first-order valence-electron chi connectivity index (χ1n) is 4.70. The number of rotatable bonds is 4. The molecule has 0 aromatic heterocycles. The number of hydrogen-bond acceptors (Lipinski definition) is 4. The molecule has 82 valence electrons. The van der Waals surface area contributed by atoms with Gasteiger partial charge in [0.25, 0.3) is 0 Å². The summed E-state index contributed by atoms with van der Waals surface area (Å²) in [5.41, 5.74) is 3.16. The average Bonchev–Trinajstić information content (AvgIpc) is 2.31. The SMILES string of the molecule is CCC(=O)/C(C#N)=N\Nc1ccc(Cl)cc1. The van der Waals surface area contributed by atoms with Crippen LogP contribution >= 0.6 is 11.6 Å². The van der Waals surface area contributed by atoms with Gasteiger partial charge in [-0.3, -0.25) is 10.2 Å². The van der Waals surface area contributed by atoms with Gasteiger partial charge in [-0.25, -0.2) is 0 Å². The fourth-order valence-corrected chi connectivity index (χ4v) is 1.09. The fraction of sp³-hybridized carbons (Fsp3) is 0.182. The predicted octanol–water partition coefficient (Wildman–Crippen LogP) is 2.61. The van der Waals surface area contributed by atoms with Crippen LogP contribution in [0.4, 0.5) is 5.69 Å². The lowest BCUT2D eigenvalue weighted by atomic mass is 10.2. The van der Waals surface area contributed by atoms with Gasteiger partial charge in [0, 0.05) is 11.4 Å². The number of carbonyl (C=O) groups is 1. The Kier molecular flexibility index (Phi) is 4.49. The Morgan fingerprint density at radius 2 is 2.12 bits per heavy atom. The van der Waals surface area contributed by atoms with Crippen LogP contribution in [0.5, 0.6) is 0 Å². The molecule has 0 spiro atoms. The number of nitrogens with one attached hydrogen (secondary N) is 1. The van der Waals surface area contributed by atoms with Gasteiger partial charge >= 0.3 is 0 Å². The fourth-order valence-electron chi connectivity index (χ4n) is 0.962. The molecule has 0 radical (unpaired) electrons. The Morgan fingerprint density at radius 3 is 2.62 bits per heavy atom. The maximum absolute atomic E-state index is 11.2. The standard InChI is InChI=1S/C11H10ClN3O/c1-2-11(16)10(7-13)15-14-9-5-3-8(12)4-6-9/h3-6,14H,2H2,1H3/b15-10-. The van der Waals surface area contributed by atoms with Gasteiger partial charge in [0.2, 0.25) is 5.71 Å².